The molecule has 2 fully saturated rings. The Labute approximate surface area is 237 Å². The lowest BCUT2D eigenvalue weighted by atomic mass is 9.57. The van der Waals surface area contributed by atoms with Gasteiger partial charge in [-0.3, -0.25) is 19.3 Å². The van der Waals surface area contributed by atoms with E-state index in [0.29, 0.717) is 58.4 Å². The zero-order chi connectivity index (χ0) is 27.8. The van der Waals surface area contributed by atoms with Crippen molar-refractivity contribution in [3.8, 4) is 5.75 Å². The van der Waals surface area contributed by atoms with E-state index in [4.69, 9.17) is 16.3 Å². The monoisotopic (exact) mass is 555 g/mol. The molecule has 0 bridgehead atoms. The van der Waals surface area contributed by atoms with Crippen LogP contribution in [0.2, 0.25) is 5.02 Å². The minimum Gasteiger partial charge on any atom is -0.494 e. The van der Waals surface area contributed by atoms with Gasteiger partial charge >= 0.3 is 0 Å². The highest BCUT2D eigenvalue weighted by Crippen LogP contribution is 2.68. The number of carbonyl (C=O) groups is 3. The molecule has 7 rings (SSSR count). The molecule has 4 atom stereocenters. The summed E-state index contributed by atoms with van der Waals surface area (Å²) in [6, 6.07) is 17.9. The van der Waals surface area contributed by atoms with Crippen molar-refractivity contribution in [1.29, 1.82) is 0 Å². The summed E-state index contributed by atoms with van der Waals surface area (Å²) in [5.74, 6) is -0.869. The molecule has 8 heteroatoms. The summed E-state index contributed by atoms with van der Waals surface area (Å²) in [6.07, 6.45) is 2.41. The van der Waals surface area contributed by atoms with E-state index in [2.05, 4.69) is 15.5 Å². The Kier molecular flexibility index (Phi) is 5.64. The number of carbonyl (C=O) groups excluding carboxylic acids is 3. The van der Waals surface area contributed by atoms with E-state index in [9.17, 15) is 14.4 Å². The van der Waals surface area contributed by atoms with E-state index >= 15 is 0 Å². The van der Waals surface area contributed by atoms with Gasteiger partial charge in [-0.1, -0.05) is 36.7 Å². The zero-order valence-corrected chi connectivity index (χ0v) is 23.2. The molecule has 7 nitrogen and oxygen atoms in total. The number of fused-ring (bicyclic) bond motifs is 7. The average molecular weight is 556 g/mol. The van der Waals surface area contributed by atoms with Gasteiger partial charge in [-0.25, -0.2) is 0 Å². The standard InChI is InChI=1S/C32H30ClN3O4/c1-3-15-40-21-12-10-19(11-13-21)28(37)26-25-9-6-14-36(25)32(23-17-20(33)16-18(2)27(23)35-30(32)39)31(26)22-7-4-5-8-24(22)34-29(31)38/h4-5,7-8,10-13,16-17,25-26H,3,6,9,14-15H2,1-2H3,(H,34,38)(H,35,39)/t25-,26-,31-,32-/m0/s1. The molecule has 3 aromatic rings. The molecule has 0 aromatic heterocycles. The van der Waals surface area contributed by atoms with Gasteiger partial charge < -0.3 is 15.4 Å². The number of rotatable bonds is 5. The highest BCUT2D eigenvalue weighted by molar-refractivity contribution is 6.31. The molecule has 0 saturated carbocycles. The lowest BCUT2D eigenvalue weighted by molar-refractivity contribution is -0.137. The van der Waals surface area contributed by atoms with Crippen LogP contribution < -0.4 is 15.4 Å². The third kappa shape index (κ3) is 3.02. The Morgan fingerprint density at radius 3 is 2.60 bits per heavy atom. The maximum Gasteiger partial charge on any atom is 0.251 e. The van der Waals surface area contributed by atoms with E-state index in [0.717, 1.165) is 18.4 Å². The van der Waals surface area contributed by atoms with Crippen molar-refractivity contribution in [2.75, 3.05) is 23.8 Å². The molecule has 3 aromatic carbocycles. The summed E-state index contributed by atoms with van der Waals surface area (Å²) in [5, 5.41) is 6.68. The van der Waals surface area contributed by atoms with Crippen molar-refractivity contribution in [3.05, 3.63) is 87.9 Å². The van der Waals surface area contributed by atoms with E-state index < -0.39 is 16.9 Å². The summed E-state index contributed by atoms with van der Waals surface area (Å²) in [6.45, 7) is 5.12. The molecule has 4 aliphatic heterocycles. The minimum absolute atomic E-state index is 0.150. The normalized spacial score (nSPS) is 28.0. The molecule has 2 amide bonds. The number of nitrogens with zero attached hydrogens (tertiary/aromatic N) is 1. The highest BCUT2D eigenvalue weighted by atomic mass is 35.5. The van der Waals surface area contributed by atoms with Crippen LogP contribution in [-0.4, -0.2) is 41.7 Å². The average Bonchev–Trinajstić information content (AvgIpc) is 3.67. The van der Waals surface area contributed by atoms with Crippen molar-refractivity contribution >= 4 is 40.6 Å². The fraction of sp³-hybridized carbons (Fsp3) is 0.344. The van der Waals surface area contributed by atoms with E-state index in [1.165, 1.54) is 0 Å². The van der Waals surface area contributed by atoms with Crippen molar-refractivity contribution in [1.82, 2.24) is 4.90 Å². The van der Waals surface area contributed by atoms with Gasteiger partial charge in [0.05, 0.1) is 12.5 Å². The molecule has 204 valence electrons. The molecule has 0 unspecified atom stereocenters. The SMILES string of the molecule is CCCOc1ccc(C(=O)[C@@H]2[C@@H]3CCCN3[C@@]3(C(=O)Nc4c(C)cc(Cl)cc43)[C@]23C(=O)Nc2ccccc23)cc1. The second kappa shape index (κ2) is 8.91. The van der Waals surface area contributed by atoms with Gasteiger partial charge in [-0.05, 0) is 86.3 Å². The van der Waals surface area contributed by atoms with Crippen LogP contribution >= 0.6 is 11.6 Å². The Hall–Kier alpha value is -3.68. The van der Waals surface area contributed by atoms with Crippen molar-refractivity contribution < 1.29 is 19.1 Å². The van der Waals surface area contributed by atoms with Crippen LogP contribution in [0.1, 0.15) is 53.2 Å². The quantitative estimate of drug-likeness (QED) is 0.409. The van der Waals surface area contributed by atoms with Crippen molar-refractivity contribution in [2.24, 2.45) is 5.92 Å². The first kappa shape index (κ1) is 25.3. The summed E-state index contributed by atoms with van der Waals surface area (Å²) < 4.78 is 5.74. The summed E-state index contributed by atoms with van der Waals surface area (Å²) in [7, 11) is 0. The zero-order valence-electron chi connectivity index (χ0n) is 22.4. The molecule has 4 heterocycles. The Bertz CT molecular complexity index is 1590. The van der Waals surface area contributed by atoms with Crippen LogP contribution in [0.4, 0.5) is 11.4 Å². The topological polar surface area (TPSA) is 87.7 Å². The minimum atomic E-state index is -1.49. The first-order valence-electron chi connectivity index (χ1n) is 13.9. The maximum atomic E-state index is 14.7. The number of nitrogens with one attached hydrogen (secondary N) is 2. The number of hydrogen-bond donors (Lipinski definition) is 2. The van der Waals surface area contributed by atoms with Gasteiger partial charge in [0.1, 0.15) is 16.7 Å². The first-order valence-corrected chi connectivity index (χ1v) is 14.3. The van der Waals surface area contributed by atoms with Crippen LogP contribution in [0.3, 0.4) is 0 Å². The Balaban J connectivity index is 1.50. The van der Waals surface area contributed by atoms with Crippen LogP contribution in [0.15, 0.2) is 60.7 Å². The van der Waals surface area contributed by atoms with Gasteiger partial charge in [-0.2, -0.15) is 0 Å². The fourth-order valence-corrected chi connectivity index (χ4v) is 8.20. The van der Waals surface area contributed by atoms with Crippen molar-refractivity contribution in [2.45, 2.75) is 50.1 Å². The molecule has 0 aliphatic carbocycles. The molecule has 0 radical (unpaired) electrons. The van der Waals surface area contributed by atoms with Gasteiger partial charge in [-0.15, -0.1) is 0 Å². The van der Waals surface area contributed by atoms with Crippen LogP contribution in [0, 0.1) is 12.8 Å². The highest BCUT2D eigenvalue weighted by Gasteiger charge is 2.81. The number of amides is 2. The molecule has 2 N–H and O–H groups in total. The third-order valence-corrected chi connectivity index (χ3v) is 9.48. The smallest absolute Gasteiger partial charge is 0.251 e. The number of halogens is 1. The van der Waals surface area contributed by atoms with Gasteiger partial charge in [0.2, 0.25) is 5.91 Å². The van der Waals surface area contributed by atoms with E-state index in [1.807, 2.05) is 44.2 Å². The van der Waals surface area contributed by atoms with Crippen LogP contribution in [0.25, 0.3) is 0 Å². The summed E-state index contributed by atoms with van der Waals surface area (Å²) >= 11 is 6.62. The van der Waals surface area contributed by atoms with Gasteiger partial charge in [0, 0.05) is 33.6 Å². The molecule has 2 spiro atoms. The molecule has 4 aliphatic rings. The number of para-hydroxylation sites is 1. The molecule has 40 heavy (non-hydrogen) atoms. The van der Waals surface area contributed by atoms with Gasteiger partial charge in [0.15, 0.2) is 5.78 Å². The predicted molar refractivity (Wildman–Crippen MR) is 153 cm³/mol. The van der Waals surface area contributed by atoms with Crippen LogP contribution in [0.5, 0.6) is 5.75 Å². The largest absolute Gasteiger partial charge is 0.494 e. The number of ketones is 1. The molecule has 2 saturated heterocycles. The third-order valence-electron chi connectivity index (χ3n) is 9.26. The second-order valence-electron chi connectivity index (χ2n) is 11.2. The van der Waals surface area contributed by atoms with Gasteiger partial charge in [0.25, 0.3) is 5.91 Å². The van der Waals surface area contributed by atoms with E-state index in [1.54, 1.807) is 30.3 Å². The number of hydrogen-bond acceptors (Lipinski definition) is 5. The first-order chi connectivity index (χ1) is 19.3. The summed E-state index contributed by atoms with van der Waals surface area (Å²) in [4.78, 5) is 45.9. The lowest BCUT2D eigenvalue weighted by Gasteiger charge is -2.43. The molecular weight excluding hydrogens is 526 g/mol. The van der Waals surface area contributed by atoms with Crippen LogP contribution in [-0.2, 0) is 20.5 Å². The Morgan fingerprint density at radius 2 is 1.82 bits per heavy atom. The molecular formula is C32H30ClN3O4. The predicted octanol–water partition coefficient (Wildman–Crippen LogP) is 5.45. The maximum absolute atomic E-state index is 14.7. The van der Waals surface area contributed by atoms with E-state index in [-0.39, 0.29) is 23.6 Å². The number of benzene rings is 3. The van der Waals surface area contributed by atoms with Crippen molar-refractivity contribution in [3.63, 3.8) is 0 Å². The second-order valence-corrected chi connectivity index (χ2v) is 11.7. The number of aryl methyl sites for hydroxylation is 1. The number of Topliss-reactive ketones (excluding diaryl/α,β-unsaturated/α-hetero) is 1. The Morgan fingerprint density at radius 1 is 1.05 bits per heavy atom. The lowest BCUT2D eigenvalue weighted by Crippen LogP contribution is -2.62. The number of anilines is 2. The fourth-order valence-electron chi connectivity index (χ4n) is 7.93. The summed E-state index contributed by atoms with van der Waals surface area (Å²) in [5.41, 5.74) is 1.04. The number of ether oxygens (including phenoxy) is 1.